The van der Waals surface area contributed by atoms with Crippen LogP contribution in [-0.2, 0) is 4.79 Å². The topological polar surface area (TPSA) is 58.6 Å². The maximum absolute atomic E-state index is 12.3. The molecule has 5 nitrogen and oxygen atoms in total. The van der Waals surface area contributed by atoms with Crippen LogP contribution in [0.25, 0.3) is 10.8 Å². The third kappa shape index (κ3) is 5.35. The van der Waals surface area contributed by atoms with Crippen LogP contribution in [0.5, 0.6) is 5.75 Å². The summed E-state index contributed by atoms with van der Waals surface area (Å²) in [5.74, 6) is 0.360. The van der Waals surface area contributed by atoms with Gasteiger partial charge in [-0.3, -0.25) is 9.59 Å². The van der Waals surface area contributed by atoms with E-state index in [0.717, 1.165) is 15.2 Å². The molecule has 3 rings (SSSR count). The highest BCUT2D eigenvalue weighted by Crippen LogP contribution is 2.24. The van der Waals surface area contributed by atoms with Gasteiger partial charge < -0.3 is 15.0 Å². The van der Waals surface area contributed by atoms with Gasteiger partial charge in [-0.15, -0.1) is 0 Å². The minimum absolute atomic E-state index is 0.0143. The normalized spacial score (nSPS) is 10.6. The van der Waals surface area contributed by atoms with Crippen molar-refractivity contribution in [3.63, 3.8) is 0 Å². The van der Waals surface area contributed by atoms with Crippen molar-refractivity contribution in [1.29, 1.82) is 0 Å². The van der Waals surface area contributed by atoms with Crippen LogP contribution in [0.1, 0.15) is 24.2 Å². The highest BCUT2D eigenvalue weighted by atomic mass is 79.9. The van der Waals surface area contributed by atoms with Gasteiger partial charge in [-0.2, -0.15) is 0 Å². The number of nitrogens with zero attached hydrogens (tertiary/aromatic N) is 1. The largest absolute Gasteiger partial charge is 0.484 e. The van der Waals surface area contributed by atoms with Crippen molar-refractivity contribution >= 4 is 44.2 Å². The number of fused-ring (bicyclic) bond motifs is 1. The Hall–Kier alpha value is -2.86. The number of halogens is 1. The molecule has 29 heavy (non-hydrogen) atoms. The third-order valence-electron chi connectivity index (χ3n) is 4.61. The lowest BCUT2D eigenvalue weighted by molar-refractivity contribution is -0.118. The predicted octanol–water partition coefficient (Wildman–Crippen LogP) is 5.10. The maximum Gasteiger partial charge on any atom is 0.262 e. The Morgan fingerprint density at radius 2 is 1.59 bits per heavy atom. The summed E-state index contributed by atoms with van der Waals surface area (Å²) in [6.07, 6.45) is 0. The molecular weight excluding hydrogens is 432 g/mol. The van der Waals surface area contributed by atoms with E-state index < -0.39 is 0 Å². The summed E-state index contributed by atoms with van der Waals surface area (Å²) in [5, 5.41) is 4.92. The average Bonchev–Trinajstić information content (AvgIpc) is 2.73. The highest BCUT2D eigenvalue weighted by Gasteiger charge is 2.12. The zero-order valence-corrected chi connectivity index (χ0v) is 18.0. The van der Waals surface area contributed by atoms with Crippen molar-refractivity contribution in [2.75, 3.05) is 25.0 Å². The lowest BCUT2D eigenvalue weighted by Gasteiger charge is -2.18. The fraction of sp³-hybridized carbons (Fsp3) is 0.217. The van der Waals surface area contributed by atoms with Gasteiger partial charge in [0, 0.05) is 28.8 Å². The molecule has 3 aromatic carbocycles. The molecule has 0 saturated heterocycles. The second-order valence-electron chi connectivity index (χ2n) is 6.54. The molecule has 0 radical (unpaired) electrons. The first-order valence-electron chi connectivity index (χ1n) is 9.51. The van der Waals surface area contributed by atoms with E-state index in [4.69, 9.17) is 4.74 Å². The summed E-state index contributed by atoms with van der Waals surface area (Å²) in [4.78, 5) is 26.3. The van der Waals surface area contributed by atoms with E-state index in [1.54, 1.807) is 29.2 Å². The first-order chi connectivity index (χ1) is 14.0. The van der Waals surface area contributed by atoms with Crippen molar-refractivity contribution in [3.8, 4) is 5.75 Å². The van der Waals surface area contributed by atoms with Crippen molar-refractivity contribution in [3.05, 3.63) is 70.7 Å². The second-order valence-corrected chi connectivity index (χ2v) is 7.46. The van der Waals surface area contributed by atoms with Gasteiger partial charge in [0.15, 0.2) is 6.61 Å². The molecule has 1 N–H and O–H groups in total. The van der Waals surface area contributed by atoms with Crippen LogP contribution in [0.4, 0.5) is 5.69 Å². The molecule has 3 aromatic rings. The highest BCUT2D eigenvalue weighted by molar-refractivity contribution is 9.10. The van der Waals surface area contributed by atoms with Crippen molar-refractivity contribution in [2.24, 2.45) is 0 Å². The van der Waals surface area contributed by atoms with E-state index in [1.807, 2.05) is 50.2 Å². The summed E-state index contributed by atoms with van der Waals surface area (Å²) in [7, 11) is 0. The second kappa shape index (κ2) is 9.56. The molecule has 0 aliphatic carbocycles. The van der Waals surface area contributed by atoms with Crippen LogP contribution in [-0.4, -0.2) is 36.4 Å². The Balaban J connectivity index is 1.56. The van der Waals surface area contributed by atoms with E-state index >= 15 is 0 Å². The third-order valence-corrected chi connectivity index (χ3v) is 5.10. The number of carbonyl (C=O) groups excluding carboxylic acids is 2. The van der Waals surface area contributed by atoms with E-state index in [1.165, 1.54) is 0 Å². The molecule has 0 aliphatic rings. The molecule has 6 heteroatoms. The van der Waals surface area contributed by atoms with Gasteiger partial charge in [0.05, 0.1) is 0 Å². The number of nitrogens with one attached hydrogen (secondary N) is 1. The Morgan fingerprint density at radius 1 is 0.931 bits per heavy atom. The quantitative estimate of drug-likeness (QED) is 0.539. The van der Waals surface area contributed by atoms with Crippen LogP contribution < -0.4 is 10.1 Å². The van der Waals surface area contributed by atoms with Gasteiger partial charge in [-0.1, -0.05) is 28.1 Å². The molecule has 2 amide bonds. The summed E-state index contributed by atoms with van der Waals surface area (Å²) in [6, 6.07) is 18.6. The van der Waals surface area contributed by atoms with Crippen LogP contribution >= 0.6 is 15.9 Å². The molecule has 0 unspecified atom stereocenters. The van der Waals surface area contributed by atoms with Gasteiger partial charge in [-0.25, -0.2) is 0 Å². The van der Waals surface area contributed by atoms with E-state index in [2.05, 4.69) is 21.2 Å². The number of hydrogen-bond acceptors (Lipinski definition) is 3. The molecule has 0 saturated carbocycles. The van der Waals surface area contributed by atoms with E-state index in [0.29, 0.717) is 30.1 Å². The Kier molecular flexibility index (Phi) is 6.88. The average molecular weight is 455 g/mol. The monoisotopic (exact) mass is 454 g/mol. The molecular formula is C23H23BrN2O3. The smallest absolute Gasteiger partial charge is 0.262 e. The maximum atomic E-state index is 12.3. The molecule has 0 heterocycles. The van der Waals surface area contributed by atoms with Crippen molar-refractivity contribution < 1.29 is 14.3 Å². The number of benzene rings is 3. The summed E-state index contributed by atoms with van der Waals surface area (Å²) in [6.45, 7) is 5.13. The van der Waals surface area contributed by atoms with Gasteiger partial charge >= 0.3 is 0 Å². The van der Waals surface area contributed by atoms with Gasteiger partial charge in [0.1, 0.15) is 5.75 Å². The molecule has 0 bridgehead atoms. The number of carbonyl (C=O) groups is 2. The number of anilines is 1. The minimum atomic E-state index is -0.260. The summed E-state index contributed by atoms with van der Waals surface area (Å²) < 4.78 is 6.63. The Bertz CT molecular complexity index is 1010. The first-order valence-corrected chi connectivity index (χ1v) is 10.3. The first kappa shape index (κ1) is 20.9. The van der Waals surface area contributed by atoms with Crippen LogP contribution in [0.15, 0.2) is 65.1 Å². The molecule has 0 spiro atoms. The Labute approximate surface area is 178 Å². The summed E-state index contributed by atoms with van der Waals surface area (Å²) >= 11 is 3.45. The zero-order valence-electron chi connectivity index (χ0n) is 16.4. The van der Waals surface area contributed by atoms with E-state index in [-0.39, 0.29) is 18.4 Å². The number of amides is 2. The van der Waals surface area contributed by atoms with Crippen molar-refractivity contribution in [2.45, 2.75) is 13.8 Å². The molecule has 0 aromatic heterocycles. The lowest BCUT2D eigenvalue weighted by Crippen LogP contribution is -2.30. The molecule has 0 aliphatic heterocycles. The zero-order chi connectivity index (χ0) is 20.8. The fourth-order valence-corrected chi connectivity index (χ4v) is 3.40. The van der Waals surface area contributed by atoms with Gasteiger partial charge in [0.25, 0.3) is 11.8 Å². The van der Waals surface area contributed by atoms with E-state index in [9.17, 15) is 9.59 Å². The van der Waals surface area contributed by atoms with Crippen LogP contribution in [0.2, 0.25) is 0 Å². The number of rotatable bonds is 7. The summed E-state index contributed by atoms with van der Waals surface area (Å²) in [5.41, 5.74) is 1.23. The van der Waals surface area contributed by atoms with Crippen LogP contribution in [0, 0.1) is 0 Å². The fourth-order valence-electron chi connectivity index (χ4n) is 3.02. The number of hydrogen-bond donors (Lipinski definition) is 1. The molecule has 150 valence electrons. The molecule has 0 fully saturated rings. The standard InChI is InChI=1S/C23H23BrN2O3/c1-3-26(4-2)23(28)16-6-10-20(11-7-16)25-22(27)15-29-21-12-8-17-13-19(24)9-5-18(17)14-21/h5-14H,3-4,15H2,1-2H3,(H,25,27). The predicted molar refractivity (Wildman–Crippen MR) is 119 cm³/mol. The van der Waals surface area contributed by atoms with Gasteiger partial charge in [-0.05, 0) is 73.2 Å². The number of ether oxygens (including phenoxy) is 1. The lowest BCUT2D eigenvalue weighted by atomic mass is 10.1. The van der Waals surface area contributed by atoms with Crippen molar-refractivity contribution in [1.82, 2.24) is 4.90 Å². The van der Waals surface area contributed by atoms with Gasteiger partial charge in [0.2, 0.25) is 0 Å². The molecule has 0 atom stereocenters. The van der Waals surface area contributed by atoms with Crippen LogP contribution in [0.3, 0.4) is 0 Å². The SMILES string of the molecule is CCN(CC)C(=O)c1ccc(NC(=O)COc2ccc3cc(Br)ccc3c2)cc1. The minimum Gasteiger partial charge on any atom is -0.484 e. The Morgan fingerprint density at radius 3 is 2.28 bits per heavy atom.